The van der Waals surface area contributed by atoms with Crippen molar-refractivity contribution in [1.82, 2.24) is 20.3 Å². The van der Waals surface area contributed by atoms with Gasteiger partial charge in [-0.3, -0.25) is 4.79 Å². The Bertz CT molecular complexity index is 680. The predicted octanol–water partition coefficient (Wildman–Crippen LogP) is 1.20. The van der Waals surface area contributed by atoms with Gasteiger partial charge in [0.1, 0.15) is 0 Å². The molecule has 1 saturated heterocycles. The summed E-state index contributed by atoms with van der Waals surface area (Å²) in [5.74, 6) is -0.255. The average molecular weight is 329 g/mol. The van der Waals surface area contributed by atoms with Crippen LogP contribution in [-0.4, -0.2) is 40.7 Å². The van der Waals surface area contributed by atoms with Crippen LogP contribution in [0.3, 0.4) is 0 Å². The average Bonchev–Trinajstić information content (AvgIpc) is 3.15. The monoisotopic (exact) mass is 329 g/mol. The maximum atomic E-state index is 12.0. The van der Waals surface area contributed by atoms with Gasteiger partial charge in [0.2, 0.25) is 5.91 Å². The summed E-state index contributed by atoms with van der Waals surface area (Å²) in [5, 5.41) is 11.4. The SMILES string of the molecule is CC(NCC1(C(N)=O)CCOCC1)c1ccccc1-n1ccnn1. The molecule has 1 amide bonds. The molecule has 0 aliphatic carbocycles. The van der Waals surface area contributed by atoms with Gasteiger partial charge in [0.15, 0.2) is 0 Å². The number of aromatic nitrogens is 3. The largest absolute Gasteiger partial charge is 0.381 e. The molecular formula is C17H23N5O2. The van der Waals surface area contributed by atoms with Crippen molar-refractivity contribution < 1.29 is 9.53 Å². The van der Waals surface area contributed by atoms with Gasteiger partial charge in [-0.25, -0.2) is 4.68 Å². The quantitative estimate of drug-likeness (QED) is 0.830. The van der Waals surface area contributed by atoms with Crippen molar-refractivity contribution in [1.29, 1.82) is 0 Å². The minimum Gasteiger partial charge on any atom is -0.381 e. The predicted molar refractivity (Wildman–Crippen MR) is 89.5 cm³/mol. The number of nitrogens with one attached hydrogen (secondary N) is 1. The zero-order chi connectivity index (χ0) is 17.0. The summed E-state index contributed by atoms with van der Waals surface area (Å²) in [6, 6.07) is 8.06. The smallest absolute Gasteiger partial charge is 0.225 e. The third kappa shape index (κ3) is 3.32. The van der Waals surface area contributed by atoms with E-state index in [2.05, 4.69) is 28.6 Å². The Kier molecular flexibility index (Phi) is 4.92. The van der Waals surface area contributed by atoms with Crippen molar-refractivity contribution in [3.63, 3.8) is 0 Å². The molecule has 1 atom stereocenters. The third-order valence-electron chi connectivity index (χ3n) is 4.79. The highest BCUT2D eigenvalue weighted by Gasteiger charge is 2.38. The molecule has 1 fully saturated rings. The van der Waals surface area contributed by atoms with Crippen LogP contribution < -0.4 is 11.1 Å². The van der Waals surface area contributed by atoms with E-state index in [4.69, 9.17) is 10.5 Å². The molecule has 0 spiro atoms. The number of carbonyl (C=O) groups excluding carboxylic acids is 1. The minimum atomic E-state index is -0.533. The number of rotatable bonds is 6. The standard InChI is InChI=1S/C17H23N5O2/c1-13(19-12-17(16(18)23)6-10-24-11-7-17)14-4-2-3-5-15(14)22-9-8-20-21-22/h2-5,8-9,13,19H,6-7,10-12H2,1H3,(H2,18,23). The Morgan fingerprint density at radius 3 is 2.83 bits per heavy atom. The Labute approximate surface area is 141 Å². The van der Waals surface area contributed by atoms with Crippen molar-refractivity contribution in [3.8, 4) is 5.69 Å². The van der Waals surface area contributed by atoms with E-state index in [0.717, 1.165) is 11.3 Å². The molecule has 7 heteroatoms. The first-order valence-electron chi connectivity index (χ1n) is 8.19. The van der Waals surface area contributed by atoms with Gasteiger partial charge in [0, 0.05) is 25.8 Å². The van der Waals surface area contributed by atoms with Crippen molar-refractivity contribution >= 4 is 5.91 Å². The summed E-state index contributed by atoms with van der Waals surface area (Å²) in [5.41, 5.74) is 7.20. The fourth-order valence-electron chi connectivity index (χ4n) is 3.13. The lowest BCUT2D eigenvalue weighted by Crippen LogP contribution is -2.48. The molecule has 7 nitrogen and oxygen atoms in total. The second kappa shape index (κ2) is 7.11. The van der Waals surface area contributed by atoms with Crippen molar-refractivity contribution in [2.45, 2.75) is 25.8 Å². The molecule has 1 aromatic heterocycles. The third-order valence-corrected chi connectivity index (χ3v) is 4.79. The number of hydrogen-bond acceptors (Lipinski definition) is 5. The van der Waals surface area contributed by atoms with E-state index >= 15 is 0 Å². The molecule has 1 aromatic carbocycles. The highest BCUT2D eigenvalue weighted by molar-refractivity contribution is 5.81. The number of amides is 1. The summed E-state index contributed by atoms with van der Waals surface area (Å²) in [6.45, 7) is 3.77. The molecule has 3 rings (SSSR count). The topological polar surface area (TPSA) is 95.1 Å². The molecular weight excluding hydrogens is 306 g/mol. The van der Waals surface area contributed by atoms with Crippen LogP contribution in [-0.2, 0) is 9.53 Å². The fourth-order valence-corrected chi connectivity index (χ4v) is 3.13. The Balaban J connectivity index is 1.76. The number of hydrogen-bond donors (Lipinski definition) is 2. The van der Waals surface area contributed by atoms with E-state index in [0.29, 0.717) is 32.6 Å². The second-order valence-corrected chi connectivity index (χ2v) is 6.27. The number of nitrogens with zero attached hydrogens (tertiary/aromatic N) is 3. The molecule has 1 aliphatic heterocycles. The van der Waals surface area contributed by atoms with Gasteiger partial charge in [0.05, 0.1) is 23.5 Å². The normalized spacial score (nSPS) is 18.2. The van der Waals surface area contributed by atoms with Crippen molar-refractivity contribution in [2.24, 2.45) is 11.1 Å². The molecule has 0 bridgehead atoms. The number of ether oxygens (including phenoxy) is 1. The first kappa shape index (κ1) is 16.6. The van der Waals surface area contributed by atoms with E-state index in [9.17, 15) is 4.79 Å². The maximum Gasteiger partial charge on any atom is 0.225 e. The second-order valence-electron chi connectivity index (χ2n) is 6.27. The summed E-state index contributed by atoms with van der Waals surface area (Å²) in [4.78, 5) is 12.0. The van der Waals surface area contributed by atoms with E-state index in [1.807, 2.05) is 24.4 Å². The van der Waals surface area contributed by atoms with Crippen LogP contribution >= 0.6 is 0 Å². The zero-order valence-electron chi connectivity index (χ0n) is 13.8. The van der Waals surface area contributed by atoms with Gasteiger partial charge in [-0.15, -0.1) is 5.10 Å². The van der Waals surface area contributed by atoms with E-state index < -0.39 is 5.41 Å². The Morgan fingerprint density at radius 2 is 2.17 bits per heavy atom. The number of carbonyl (C=O) groups is 1. The summed E-state index contributed by atoms with van der Waals surface area (Å²) in [6.07, 6.45) is 4.79. The fraction of sp³-hybridized carbons (Fsp3) is 0.471. The van der Waals surface area contributed by atoms with Gasteiger partial charge < -0.3 is 15.8 Å². The van der Waals surface area contributed by atoms with E-state index in [-0.39, 0.29) is 11.9 Å². The van der Waals surface area contributed by atoms with Crippen LogP contribution in [0.25, 0.3) is 5.69 Å². The van der Waals surface area contributed by atoms with Crippen LogP contribution in [0.5, 0.6) is 0 Å². The number of benzene rings is 1. The van der Waals surface area contributed by atoms with Gasteiger partial charge in [-0.2, -0.15) is 0 Å². The molecule has 1 unspecified atom stereocenters. The Morgan fingerprint density at radius 1 is 1.42 bits per heavy atom. The Hall–Kier alpha value is -2.25. The first-order valence-corrected chi connectivity index (χ1v) is 8.19. The van der Waals surface area contributed by atoms with Crippen LogP contribution in [0.4, 0.5) is 0 Å². The van der Waals surface area contributed by atoms with Crippen LogP contribution in [0.1, 0.15) is 31.4 Å². The number of para-hydroxylation sites is 1. The van der Waals surface area contributed by atoms with Crippen LogP contribution in [0, 0.1) is 5.41 Å². The maximum absolute atomic E-state index is 12.0. The molecule has 24 heavy (non-hydrogen) atoms. The molecule has 2 aromatic rings. The molecule has 2 heterocycles. The zero-order valence-corrected chi connectivity index (χ0v) is 13.8. The lowest BCUT2D eigenvalue weighted by Gasteiger charge is -2.35. The molecule has 0 radical (unpaired) electrons. The van der Waals surface area contributed by atoms with Crippen molar-refractivity contribution in [3.05, 3.63) is 42.2 Å². The molecule has 3 N–H and O–H groups in total. The highest BCUT2D eigenvalue weighted by Crippen LogP contribution is 2.31. The summed E-state index contributed by atoms with van der Waals surface area (Å²) < 4.78 is 7.12. The van der Waals surface area contributed by atoms with Crippen molar-refractivity contribution in [2.75, 3.05) is 19.8 Å². The number of primary amides is 1. The van der Waals surface area contributed by atoms with Crippen LogP contribution in [0.2, 0.25) is 0 Å². The van der Waals surface area contributed by atoms with Gasteiger partial charge in [0.25, 0.3) is 0 Å². The molecule has 0 saturated carbocycles. The van der Waals surface area contributed by atoms with Crippen LogP contribution in [0.15, 0.2) is 36.7 Å². The highest BCUT2D eigenvalue weighted by atomic mass is 16.5. The minimum absolute atomic E-state index is 0.0458. The first-order chi connectivity index (χ1) is 11.6. The van der Waals surface area contributed by atoms with E-state index in [1.54, 1.807) is 10.9 Å². The van der Waals surface area contributed by atoms with Gasteiger partial charge in [-0.1, -0.05) is 23.4 Å². The van der Waals surface area contributed by atoms with Gasteiger partial charge >= 0.3 is 0 Å². The van der Waals surface area contributed by atoms with E-state index in [1.165, 1.54) is 0 Å². The van der Waals surface area contributed by atoms with Gasteiger partial charge in [-0.05, 0) is 31.4 Å². The summed E-state index contributed by atoms with van der Waals surface area (Å²) in [7, 11) is 0. The lowest BCUT2D eigenvalue weighted by molar-refractivity contribution is -0.133. The molecule has 128 valence electrons. The summed E-state index contributed by atoms with van der Waals surface area (Å²) >= 11 is 0. The molecule has 1 aliphatic rings. The lowest BCUT2D eigenvalue weighted by atomic mass is 9.79. The number of nitrogens with two attached hydrogens (primary N) is 1.